The van der Waals surface area contributed by atoms with Gasteiger partial charge in [-0.3, -0.25) is 9.10 Å². The van der Waals surface area contributed by atoms with Crippen molar-refractivity contribution < 1.29 is 22.7 Å². The predicted octanol–water partition coefficient (Wildman–Crippen LogP) is 3.48. The van der Waals surface area contributed by atoms with E-state index in [0.717, 1.165) is 16.1 Å². The number of sulfonamides is 1. The van der Waals surface area contributed by atoms with Crippen molar-refractivity contribution in [1.29, 1.82) is 0 Å². The zero-order valence-corrected chi connectivity index (χ0v) is 18.7. The van der Waals surface area contributed by atoms with Crippen molar-refractivity contribution in [2.24, 2.45) is 0 Å². The number of carbonyl (C=O) groups excluding carboxylic acids is 1. The monoisotopic (exact) mass is 460 g/mol. The van der Waals surface area contributed by atoms with Gasteiger partial charge in [-0.05, 0) is 42.8 Å². The lowest BCUT2D eigenvalue weighted by atomic mass is 10.2. The van der Waals surface area contributed by atoms with Crippen LogP contribution in [-0.2, 0) is 21.4 Å². The Hall–Kier alpha value is -2.16. The van der Waals surface area contributed by atoms with Gasteiger partial charge < -0.3 is 14.8 Å². The molecule has 0 spiro atoms. The summed E-state index contributed by atoms with van der Waals surface area (Å²) in [5.41, 5.74) is 0.894. The number of halogens is 2. The molecule has 0 aromatic heterocycles. The Morgan fingerprint density at radius 2 is 1.76 bits per heavy atom. The number of nitrogens with zero attached hydrogens (tertiary/aromatic N) is 1. The molecule has 0 aliphatic rings. The highest BCUT2D eigenvalue weighted by molar-refractivity contribution is 7.92. The van der Waals surface area contributed by atoms with Crippen LogP contribution in [0.2, 0.25) is 10.0 Å². The second-order valence-electron chi connectivity index (χ2n) is 6.24. The van der Waals surface area contributed by atoms with Crippen molar-refractivity contribution in [3.8, 4) is 11.5 Å². The molecule has 0 saturated heterocycles. The normalized spacial score (nSPS) is 12.2. The maximum atomic E-state index is 12.7. The Kier molecular flexibility index (Phi) is 7.62. The summed E-state index contributed by atoms with van der Waals surface area (Å²) >= 11 is 12.1. The quantitative estimate of drug-likeness (QED) is 0.651. The Bertz CT molecular complexity index is 998. The number of ether oxygens (including phenoxy) is 2. The summed E-state index contributed by atoms with van der Waals surface area (Å²) < 4.78 is 36.1. The zero-order valence-electron chi connectivity index (χ0n) is 16.4. The summed E-state index contributed by atoms with van der Waals surface area (Å²) in [6.45, 7) is 1.65. The van der Waals surface area contributed by atoms with Gasteiger partial charge in [0.05, 0.1) is 31.2 Å². The van der Waals surface area contributed by atoms with E-state index in [-0.39, 0.29) is 17.3 Å². The zero-order chi connectivity index (χ0) is 21.8. The van der Waals surface area contributed by atoms with Crippen molar-refractivity contribution in [1.82, 2.24) is 5.32 Å². The minimum absolute atomic E-state index is 0.135. The van der Waals surface area contributed by atoms with Gasteiger partial charge in [0.25, 0.3) is 0 Å². The lowest BCUT2D eigenvalue weighted by Crippen LogP contribution is -2.47. The van der Waals surface area contributed by atoms with E-state index in [2.05, 4.69) is 5.32 Å². The highest BCUT2D eigenvalue weighted by atomic mass is 35.5. The van der Waals surface area contributed by atoms with E-state index >= 15 is 0 Å². The number of hydrogen-bond donors (Lipinski definition) is 1. The Labute approximate surface area is 180 Å². The number of nitrogens with one attached hydrogen (secondary N) is 1. The van der Waals surface area contributed by atoms with Gasteiger partial charge in [0, 0.05) is 11.6 Å². The summed E-state index contributed by atoms with van der Waals surface area (Å²) in [5.74, 6) is 0.590. The van der Waals surface area contributed by atoms with Crippen molar-refractivity contribution in [3.63, 3.8) is 0 Å². The van der Waals surface area contributed by atoms with Gasteiger partial charge in [-0.25, -0.2) is 8.42 Å². The van der Waals surface area contributed by atoms with E-state index in [0.29, 0.717) is 16.5 Å². The van der Waals surface area contributed by atoms with Crippen LogP contribution in [0.3, 0.4) is 0 Å². The van der Waals surface area contributed by atoms with Gasteiger partial charge in [-0.2, -0.15) is 0 Å². The van der Waals surface area contributed by atoms with Crippen molar-refractivity contribution in [3.05, 3.63) is 52.0 Å². The molecular formula is C19H22Cl2N2O5S. The van der Waals surface area contributed by atoms with E-state index in [4.69, 9.17) is 32.7 Å². The predicted molar refractivity (Wildman–Crippen MR) is 115 cm³/mol. The summed E-state index contributed by atoms with van der Waals surface area (Å²) in [7, 11) is -0.767. The maximum absolute atomic E-state index is 12.7. The fraction of sp³-hybridized carbons (Fsp3) is 0.316. The number of rotatable bonds is 8. The standard InChI is InChI=1S/C19H22Cl2N2O5S/c1-12(23(29(4,25)26)16-10-14(20)6-7-15(16)21)19(24)22-11-13-5-8-17(27-2)18(9-13)28-3/h5-10,12H,11H2,1-4H3,(H,22,24). The SMILES string of the molecule is COc1ccc(CNC(=O)C(C)N(c2cc(Cl)ccc2Cl)S(C)(=O)=O)cc1OC. The fourth-order valence-electron chi connectivity index (χ4n) is 2.76. The third kappa shape index (κ3) is 5.68. The molecule has 1 atom stereocenters. The smallest absolute Gasteiger partial charge is 0.243 e. The van der Waals surface area contributed by atoms with Crippen LogP contribution in [0.1, 0.15) is 12.5 Å². The second kappa shape index (κ2) is 9.56. The van der Waals surface area contributed by atoms with Crippen LogP contribution in [0.15, 0.2) is 36.4 Å². The first kappa shape index (κ1) is 23.1. The minimum atomic E-state index is -3.81. The first-order valence-electron chi connectivity index (χ1n) is 8.51. The fourth-order valence-corrected chi connectivity index (χ4v) is 4.37. The molecule has 2 aromatic rings. The number of benzene rings is 2. The summed E-state index contributed by atoms with van der Waals surface area (Å²) in [5, 5.41) is 3.19. The van der Waals surface area contributed by atoms with Gasteiger partial charge in [-0.15, -0.1) is 0 Å². The average Bonchev–Trinajstić information content (AvgIpc) is 2.67. The highest BCUT2D eigenvalue weighted by Crippen LogP contribution is 2.32. The van der Waals surface area contributed by atoms with Crippen molar-refractivity contribution in [2.75, 3.05) is 24.8 Å². The van der Waals surface area contributed by atoms with Crippen LogP contribution in [0, 0.1) is 0 Å². The molecule has 158 valence electrons. The molecule has 1 N–H and O–H groups in total. The van der Waals surface area contributed by atoms with Crippen molar-refractivity contribution >= 4 is 44.8 Å². The van der Waals surface area contributed by atoms with Crippen LogP contribution in [0.4, 0.5) is 5.69 Å². The molecule has 29 heavy (non-hydrogen) atoms. The number of methoxy groups -OCH3 is 2. The molecule has 1 amide bonds. The molecule has 7 nitrogen and oxygen atoms in total. The molecule has 2 aromatic carbocycles. The van der Waals surface area contributed by atoms with Crippen LogP contribution >= 0.6 is 23.2 Å². The minimum Gasteiger partial charge on any atom is -0.493 e. The Balaban J connectivity index is 2.23. The second-order valence-corrected chi connectivity index (χ2v) is 8.94. The molecule has 10 heteroatoms. The van der Waals surface area contributed by atoms with Crippen LogP contribution < -0.4 is 19.1 Å². The van der Waals surface area contributed by atoms with E-state index in [1.54, 1.807) is 18.2 Å². The first-order chi connectivity index (χ1) is 13.6. The number of carbonyl (C=O) groups is 1. The summed E-state index contributed by atoms with van der Waals surface area (Å²) in [4.78, 5) is 12.7. The van der Waals surface area contributed by atoms with Gasteiger partial charge in [0.2, 0.25) is 15.9 Å². The maximum Gasteiger partial charge on any atom is 0.243 e. The third-order valence-electron chi connectivity index (χ3n) is 4.15. The van der Waals surface area contributed by atoms with E-state index < -0.39 is 22.0 Å². The third-order valence-corrected chi connectivity index (χ3v) is 5.93. The lowest BCUT2D eigenvalue weighted by molar-refractivity contribution is -0.122. The van der Waals surface area contributed by atoms with Gasteiger partial charge in [0.1, 0.15) is 6.04 Å². The van der Waals surface area contributed by atoms with Gasteiger partial charge in [-0.1, -0.05) is 29.3 Å². The first-order valence-corrected chi connectivity index (χ1v) is 11.1. The molecule has 0 fully saturated rings. The van der Waals surface area contributed by atoms with E-state index in [9.17, 15) is 13.2 Å². The highest BCUT2D eigenvalue weighted by Gasteiger charge is 2.30. The molecule has 0 saturated carbocycles. The van der Waals surface area contributed by atoms with Gasteiger partial charge >= 0.3 is 0 Å². The van der Waals surface area contributed by atoms with E-state index in [1.165, 1.54) is 39.3 Å². The molecule has 0 radical (unpaired) electrons. The Morgan fingerprint density at radius 3 is 2.34 bits per heavy atom. The molecule has 0 aliphatic carbocycles. The summed E-state index contributed by atoms with van der Waals surface area (Å²) in [6, 6.07) is 8.59. The van der Waals surface area contributed by atoms with Crippen molar-refractivity contribution in [2.45, 2.75) is 19.5 Å². The molecule has 0 heterocycles. The van der Waals surface area contributed by atoms with Crippen LogP contribution in [0.25, 0.3) is 0 Å². The number of amides is 1. The molecule has 1 unspecified atom stereocenters. The number of hydrogen-bond acceptors (Lipinski definition) is 5. The summed E-state index contributed by atoms with van der Waals surface area (Å²) in [6.07, 6.45) is 1.00. The largest absolute Gasteiger partial charge is 0.493 e. The van der Waals surface area contributed by atoms with Crippen LogP contribution in [-0.4, -0.2) is 40.8 Å². The van der Waals surface area contributed by atoms with E-state index in [1.807, 2.05) is 0 Å². The van der Waals surface area contributed by atoms with Gasteiger partial charge in [0.15, 0.2) is 11.5 Å². The number of anilines is 1. The molecule has 2 rings (SSSR count). The lowest BCUT2D eigenvalue weighted by Gasteiger charge is -2.29. The van der Waals surface area contributed by atoms with Crippen LogP contribution in [0.5, 0.6) is 11.5 Å². The molecular weight excluding hydrogens is 439 g/mol. The topological polar surface area (TPSA) is 84.9 Å². The molecule has 0 aliphatic heterocycles. The molecule has 0 bridgehead atoms. The Morgan fingerprint density at radius 1 is 1.10 bits per heavy atom. The average molecular weight is 461 g/mol.